The fourth-order valence-electron chi connectivity index (χ4n) is 3.77. The molecule has 1 unspecified atom stereocenters. The minimum Gasteiger partial charge on any atom is -0.375 e. The zero-order valence-electron chi connectivity index (χ0n) is 17.6. The Morgan fingerprint density at radius 2 is 1.84 bits per heavy atom. The summed E-state index contributed by atoms with van der Waals surface area (Å²) < 4.78 is 35.1. The van der Waals surface area contributed by atoms with Crippen LogP contribution in [0.2, 0.25) is 0 Å². The van der Waals surface area contributed by atoms with Crippen molar-refractivity contribution in [1.82, 2.24) is 14.2 Å². The molecule has 2 heterocycles. The zero-order valence-corrected chi connectivity index (χ0v) is 18.4. The monoisotopic (exact) mass is 439 g/mol. The zero-order chi connectivity index (χ0) is 22.0. The van der Waals surface area contributed by atoms with Crippen molar-refractivity contribution in [2.24, 2.45) is 0 Å². The van der Waals surface area contributed by atoms with Crippen molar-refractivity contribution in [2.45, 2.75) is 30.5 Å². The van der Waals surface area contributed by atoms with Gasteiger partial charge in [-0.2, -0.15) is 4.31 Å². The van der Waals surface area contributed by atoms with E-state index in [1.807, 2.05) is 36.4 Å². The number of carbonyl (C=O) groups excluding carboxylic acids is 1. The van der Waals surface area contributed by atoms with Crippen LogP contribution in [0.25, 0.3) is 10.9 Å². The quantitative estimate of drug-likeness (QED) is 0.625. The molecule has 0 N–H and O–H groups in total. The number of para-hydroxylation sites is 1. The second-order valence-corrected chi connectivity index (χ2v) is 9.67. The Hall–Kier alpha value is -2.81. The van der Waals surface area contributed by atoms with Crippen LogP contribution in [0, 0.1) is 0 Å². The average molecular weight is 440 g/mol. The molecule has 0 radical (unpaired) electrons. The van der Waals surface area contributed by atoms with Crippen LogP contribution in [-0.4, -0.2) is 55.3 Å². The van der Waals surface area contributed by atoms with Gasteiger partial charge in [-0.1, -0.05) is 42.5 Å². The lowest BCUT2D eigenvalue weighted by atomic mass is 10.1. The van der Waals surface area contributed by atoms with Crippen LogP contribution in [0.3, 0.4) is 0 Å². The van der Waals surface area contributed by atoms with E-state index in [0.717, 1.165) is 16.5 Å². The van der Waals surface area contributed by atoms with Crippen molar-refractivity contribution in [3.63, 3.8) is 0 Å². The molecule has 0 saturated carbocycles. The number of pyridine rings is 1. The molecule has 0 bridgehead atoms. The van der Waals surface area contributed by atoms with Gasteiger partial charge in [0.2, 0.25) is 15.9 Å². The second-order valence-electron chi connectivity index (χ2n) is 7.81. The van der Waals surface area contributed by atoms with Crippen LogP contribution in [0.5, 0.6) is 0 Å². The Kier molecular flexibility index (Phi) is 6.04. The molecule has 1 aliphatic heterocycles. The molecule has 0 aliphatic carbocycles. The number of hydrogen-bond donors (Lipinski definition) is 0. The number of rotatable bonds is 4. The molecule has 1 aromatic heterocycles. The van der Waals surface area contributed by atoms with Gasteiger partial charge in [0.1, 0.15) is 4.90 Å². The molecule has 0 saturated heterocycles. The number of ether oxygens (including phenoxy) is 1. The molecular formula is C23H25N3O4S. The lowest BCUT2D eigenvalue weighted by molar-refractivity contribution is -0.130. The molecule has 8 heteroatoms. The predicted molar refractivity (Wildman–Crippen MR) is 118 cm³/mol. The molecular weight excluding hydrogens is 414 g/mol. The molecule has 7 nitrogen and oxygen atoms in total. The normalized spacial score (nSPS) is 17.5. The third kappa shape index (κ3) is 4.32. The van der Waals surface area contributed by atoms with Gasteiger partial charge < -0.3 is 9.64 Å². The largest absolute Gasteiger partial charge is 0.375 e. The lowest BCUT2D eigenvalue weighted by Gasteiger charge is -2.33. The molecule has 0 spiro atoms. The van der Waals surface area contributed by atoms with Gasteiger partial charge in [-0.3, -0.25) is 9.78 Å². The standard InChI is InChI=1S/C23H25N3O4S/c1-25(2)22(27)13-20-16-30-15-19-8-4-3-7-18(19)14-26(20)31(28,29)21-11-5-9-17-10-6-12-24-23(17)21/h3-12,20H,13-16H2,1-2H3. The van der Waals surface area contributed by atoms with Gasteiger partial charge in [0.05, 0.1) is 24.8 Å². The van der Waals surface area contributed by atoms with Crippen molar-refractivity contribution in [1.29, 1.82) is 0 Å². The van der Waals surface area contributed by atoms with Gasteiger partial charge in [0.15, 0.2) is 0 Å². The first-order chi connectivity index (χ1) is 14.9. The third-order valence-corrected chi connectivity index (χ3v) is 7.44. The van der Waals surface area contributed by atoms with Crippen molar-refractivity contribution in [3.8, 4) is 0 Å². The van der Waals surface area contributed by atoms with E-state index >= 15 is 0 Å². The molecule has 162 valence electrons. The number of benzene rings is 2. The highest BCUT2D eigenvalue weighted by Crippen LogP contribution is 2.30. The Morgan fingerprint density at radius 1 is 1.10 bits per heavy atom. The van der Waals surface area contributed by atoms with E-state index < -0.39 is 16.1 Å². The van der Waals surface area contributed by atoms with Crippen LogP contribution < -0.4 is 0 Å². The highest BCUT2D eigenvalue weighted by atomic mass is 32.2. The van der Waals surface area contributed by atoms with Gasteiger partial charge in [0.25, 0.3) is 0 Å². The number of hydrogen-bond acceptors (Lipinski definition) is 5. The van der Waals surface area contributed by atoms with Crippen LogP contribution in [0.4, 0.5) is 0 Å². The van der Waals surface area contributed by atoms with E-state index in [2.05, 4.69) is 4.98 Å². The maximum atomic E-state index is 13.9. The van der Waals surface area contributed by atoms with Crippen LogP contribution >= 0.6 is 0 Å². The predicted octanol–water partition coefficient (Wildman–Crippen LogP) is 2.80. The van der Waals surface area contributed by atoms with Crippen molar-refractivity contribution in [2.75, 3.05) is 20.7 Å². The van der Waals surface area contributed by atoms with Crippen molar-refractivity contribution < 1.29 is 17.9 Å². The number of fused-ring (bicyclic) bond motifs is 2. The summed E-state index contributed by atoms with van der Waals surface area (Å²) in [7, 11) is -0.648. The smallest absolute Gasteiger partial charge is 0.245 e. The maximum Gasteiger partial charge on any atom is 0.245 e. The summed E-state index contributed by atoms with van der Waals surface area (Å²) >= 11 is 0. The maximum absolute atomic E-state index is 13.9. The fourth-order valence-corrected chi connectivity index (χ4v) is 5.53. The first-order valence-electron chi connectivity index (χ1n) is 10.1. The fraction of sp³-hybridized carbons (Fsp3) is 0.304. The Labute approximate surface area is 182 Å². The summed E-state index contributed by atoms with van der Waals surface area (Å²) in [6, 6.07) is 15.7. The molecule has 1 aliphatic rings. The van der Waals surface area contributed by atoms with E-state index in [1.165, 1.54) is 9.21 Å². The third-order valence-electron chi connectivity index (χ3n) is 5.51. The topological polar surface area (TPSA) is 79.8 Å². The summed E-state index contributed by atoms with van der Waals surface area (Å²) in [5, 5.41) is 0.744. The van der Waals surface area contributed by atoms with E-state index in [1.54, 1.807) is 38.5 Å². The minimum atomic E-state index is -3.97. The number of carbonyl (C=O) groups is 1. The molecule has 2 aromatic carbocycles. The van der Waals surface area contributed by atoms with Gasteiger partial charge in [-0.25, -0.2) is 8.42 Å². The summed E-state index contributed by atoms with van der Waals surface area (Å²) in [5.74, 6) is -0.154. The van der Waals surface area contributed by atoms with E-state index in [0.29, 0.717) is 12.1 Å². The molecule has 31 heavy (non-hydrogen) atoms. The first-order valence-corrected chi connectivity index (χ1v) is 11.5. The van der Waals surface area contributed by atoms with Crippen molar-refractivity contribution >= 4 is 26.8 Å². The number of amides is 1. The summed E-state index contributed by atoms with van der Waals surface area (Å²) in [4.78, 5) is 18.4. The van der Waals surface area contributed by atoms with Gasteiger partial charge in [-0.05, 0) is 23.3 Å². The van der Waals surface area contributed by atoms with Gasteiger partial charge in [-0.15, -0.1) is 0 Å². The molecule has 0 fully saturated rings. The summed E-state index contributed by atoms with van der Waals surface area (Å²) in [5.41, 5.74) is 2.22. The number of sulfonamides is 1. The minimum absolute atomic E-state index is 0.0343. The highest BCUT2D eigenvalue weighted by molar-refractivity contribution is 7.89. The Bertz CT molecular complexity index is 1200. The average Bonchev–Trinajstić information content (AvgIpc) is 2.75. The Balaban J connectivity index is 1.83. The number of nitrogens with zero attached hydrogens (tertiary/aromatic N) is 3. The van der Waals surface area contributed by atoms with E-state index in [-0.39, 0.29) is 30.4 Å². The molecule has 4 rings (SSSR count). The van der Waals surface area contributed by atoms with E-state index in [9.17, 15) is 13.2 Å². The second kappa shape index (κ2) is 8.74. The summed E-state index contributed by atoms with van der Waals surface area (Å²) in [6.45, 7) is 0.675. The molecule has 1 atom stereocenters. The molecule has 1 amide bonds. The first kappa shape index (κ1) is 21.4. The summed E-state index contributed by atoms with van der Waals surface area (Å²) in [6.07, 6.45) is 1.62. The lowest BCUT2D eigenvalue weighted by Crippen LogP contribution is -2.46. The van der Waals surface area contributed by atoms with Gasteiger partial charge in [0, 0.05) is 38.6 Å². The molecule has 3 aromatic rings. The SMILES string of the molecule is CN(C)C(=O)CC1COCc2ccccc2CN1S(=O)(=O)c1cccc2cccnc12. The van der Waals surface area contributed by atoms with Crippen molar-refractivity contribution in [3.05, 3.63) is 71.9 Å². The van der Waals surface area contributed by atoms with Crippen LogP contribution in [0.15, 0.2) is 65.7 Å². The van der Waals surface area contributed by atoms with Crippen LogP contribution in [-0.2, 0) is 32.7 Å². The van der Waals surface area contributed by atoms with E-state index in [4.69, 9.17) is 4.74 Å². The Morgan fingerprint density at radius 3 is 2.61 bits per heavy atom. The number of aromatic nitrogens is 1. The van der Waals surface area contributed by atoms with Crippen LogP contribution in [0.1, 0.15) is 17.5 Å². The van der Waals surface area contributed by atoms with Gasteiger partial charge >= 0.3 is 0 Å². The highest BCUT2D eigenvalue weighted by Gasteiger charge is 2.36.